The van der Waals surface area contributed by atoms with Crippen molar-refractivity contribution in [3.8, 4) is 0 Å². The number of ether oxygens (including phenoxy) is 2. The van der Waals surface area contributed by atoms with Crippen LogP contribution in [0.15, 0.2) is 38.9 Å². The number of nitrogens with zero attached hydrogens (tertiary/aromatic N) is 4. The molecule has 9 heteroatoms. The standard InChI is InChI=1S/C24H42FN5O3/c1-8-9-11-22(26-7)27-16-19(2)20-12-14-30(29-28-20)18-24(5,6)32-15-10-13-23(3,4)33-17-21(25)31/h12,16H,8-11,13-15,17-18H2,1-7H3,(H,26,27)/b19-16+. The Morgan fingerprint density at radius 3 is 2.58 bits per heavy atom. The Bertz CT molecular complexity index is 744. The fourth-order valence-corrected chi connectivity index (χ4v) is 3.23. The summed E-state index contributed by atoms with van der Waals surface area (Å²) in [5, 5.41) is 13.9. The lowest BCUT2D eigenvalue weighted by atomic mass is 10.0. The van der Waals surface area contributed by atoms with Gasteiger partial charge >= 0.3 is 6.04 Å². The van der Waals surface area contributed by atoms with Gasteiger partial charge in [0, 0.05) is 26.3 Å². The zero-order chi connectivity index (χ0) is 24.9. The highest BCUT2D eigenvalue weighted by molar-refractivity contribution is 5.83. The van der Waals surface area contributed by atoms with Gasteiger partial charge in [-0.25, -0.2) is 0 Å². The zero-order valence-electron chi connectivity index (χ0n) is 21.4. The van der Waals surface area contributed by atoms with Crippen molar-refractivity contribution in [3.63, 3.8) is 0 Å². The van der Waals surface area contributed by atoms with Crippen LogP contribution < -0.4 is 5.32 Å². The van der Waals surface area contributed by atoms with Crippen LogP contribution in [-0.4, -0.2) is 61.4 Å². The van der Waals surface area contributed by atoms with E-state index in [-0.39, 0.29) is 0 Å². The number of rotatable bonds is 15. The van der Waals surface area contributed by atoms with Crippen LogP contribution in [0.25, 0.3) is 0 Å². The van der Waals surface area contributed by atoms with Gasteiger partial charge in [0.2, 0.25) is 0 Å². The van der Waals surface area contributed by atoms with Crippen molar-refractivity contribution in [2.24, 2.45) is 15.3 Å². The first kappa shape index (κ1) is 28.9. The topological polar surface area (TPSA) is 87.9 Å². The van der Waals surface area contributed by atoms with Crippen LogP contribution in [0.2, 0.25) is 0 Å². The summed E-state index contributed by atoms with van der Waals surface area (Å²) in [6, 6.07) is -1.46. The molecule has 1 aliphatic heterocycles. The van der Waals surface area contributed by atoms with Gasteiger partial charge in [0.1, 0.15) is 6.61 Å². The average molecular weight is 468 g/mol. The summed E-state index contributed by atoms with van der Waals surface area (Å²) in [7, 11) is 1.80. The fourth-order valence-electron chi connectivity index (χ4n) is 3.23. The molecule has 33 heavy (non-hydrogen) atoms. The van der Waals surface area contributed by atoms with E-state index in [1.54, 1.807) is 7.05 Å². The van der Waals surface area contributed by atoms with Crippen LogP contribution in [0, 0.1) is 0 Å². The second kappa shape index (κ2) is 14.2. The normalized spacial score (nSPS) is 15.6. The highest BCUT2D eigenvalue weighted by atomic mass is 19.1. The average Bonchev–Trinajstić information content (AvgIpc) is 2.76. The highest BCUT2D eigenvalue weighted by Crippen LogP contribution is 2.21. The molecule has 0 bridgehead atoms. The maximum Gasteiger partial charge on any atom is 0.326 e. The quantitative estimate of drug-likeness (QED) is 0.156. The Morgan fingerprint density at radius 1 is 1.27 bits per heavy atom. The lowest BCUT2D eigenvalue weighted by Crippen LogP contribution is -2.39. The predicted molar refractivity (Wildman–Crippen MR) is 130 cm³/mol. The number of hydrogen-bond acceptors (Lipinski definition) is 7. The Hall–Kier alpha value is -2.13. The number of carbonyl (C=O) groups excluding carboxylic acids is 1. The van der Waals surface area contributed by atoms with Gasteiger partial charge in [-0.15, -0.1) is 5.11 Å². The van der Waals surface area contributed by atoms with Crippen LogP contribution in [0.1, 0.15) is 73.6 Å². The summed E-state index contributed by atoms with van der Waals surface area (Å²) in [5.41, 5.74) is 0.864. The molecule has 0 amide bonds. The minimum absolute atomic E-state index is 0.414. The van der Waals surface area contributed by atoms with Crippen molar-refractivity contribution in [3.05, 3.63) is 23.5 Å². The number of aliphatic imine (C=N–C) groups is 1. The minimum atomic E-state index is -1.46. The molecule has 1 N–H and O–H groups in total. The molecule has 188 valence electrons. The van der Waals surface area contributed by atoms with Crippen molar-refractivity contribution >= 4 is 11.9 Å². The smallest absolute Gasteiger partial charge is 0.326 e. The molecule has 0 aliphatic carbocycles. The third-order valence-corrected chi connectivity index (χ3v) is 5.23. The van der Waals surface area contributed by atoms with Gasteiger partial charge in [0.25, 0.3) is 0 Å². The Balaban J connectivity index is 2.43. The second-order valence-electron chi connectivity index (χ2n) is 9.49. The highest BCUT2D eigenvalue weighted by Gasteiger charge is 2.24. The molecule has 0 atom stereocenters. The van der Waals surface area contributed by atoms with Gasteiger partial charge in [0.05, 0.1) is 35.8 Å². The third kappa shape index (κ3) is 12.6. The molecular weight excluding hydrogens is 425 g/mol. The van der Waals surface area contributed by atoms with Gasteiger partial charge < -0.3 is 14.8 Å². The number of carbonyl (C=O) groups is 1. The lowest BCUT2D eigenvalue weighted by Gasteiger charge is -2.31. The predicted octanol–water partition coefficient (Wildman–Crippen LogP) is 5.13. The molecule has 1 heterocycles. The molecule has 0 unspecified atom stereocenters. The van der Waals surface area contributed by atoms with Crippen LogP contribution in [0.3, 0.4) is 0 Å². The zero-order valence-corrected chi connectivity index (χ0v) is 21.4. The van der Waals surface area contributed by atoms with E-state index >= 15 is 0 Å². The van der Waals surface area contributed by atoms with Crippen LogP contribution in [0.4, 0.5) is 4.39 Å². The number of allylic oxidation sites excluding steroid dienone is 1. The summed E-state index contributed by atoms with van der Waals surface area (Å²) in [6.45, 7) is 13.1. The number of unbranched alkanes of at least 4 members (excludes halogenated alkanes) is 1. The van der Waals surface area contributed by atoms with Crippen LogP contribution >= 0.6 is 0 Å². The molecule has 1 aliphatic rings. The molecule has 1 rings (SSSR count). The van der Waals surface area contributed by atoms with Gasteiger partial charge in [0.15, 0.2) is 0 Å². The van der Waals surface area contributed by atoms with E-state index in [2.05, 4.69) is 33.6 Å². The Kier molecular flexibility index (Phi) is 12.4. The lowest BCUT2D eigenvalue weighted by molar-refractivity contribution is -0.140. The second-order valence-corrected chi connectivity index (χ2v) is 9.49. The number of nitrogens with one attached hydrogen (secondary N) is 1. The minimum Gasteiger partial charge on any atom is -0.374 e. The summed E-state index contributed by atoms with van der Waals surface area (Å²) in [5.74, 6) is 0.968. The first-order chi connectivity index (χ1) is 15.5. The van der Waals surface area contributed by atoms with E-state index in [1.807, 2.05) is 45.8 Å². The van der Waals surface area contributed by atoms with Gasteiger partial charge in [-0.2, -0.15) is 4.39 Å². The van der Waals surface area contributed by atoms with Gasteiger partial charge in [-0.3, -0.25) is 14.8 Å². The molecule has 0 aromatic carbocycles. The molecule has 8 nitrogen and oxygen atoms in total. The number of hydrogen-bond donors (Lipinski definition) is 1. The summed E-state index contributed by atoms with van der Waals surface area (Å²) >= 11 is 0. The van der Waals surface area contributed by atoms with Crippen LogP contribution in [-0.2, 0) is 14.3 Å². The number of amidine groups is 1. The van der Waals surface area contributed by atoms with E-state index in [0.29, 0.717) is 26.1 Å². The van der Waals surface area contributed by atoms with Crippen molar-refractivity contribution in [2.75, 3.05) is 33.4 Å². The van der Waals surface area contributed by atoms with E-state index < -0.39 is 23.8 Å². The molecule has 0 aromatic rings. The van der Waals surface area contributed by atoms with E-state index in [0.717, 1.165) is 42.8 Å². The van der Waals surface area contributed by atoms with Crippen LogP contribution in [0.5, 0.6) is 0 Å². The van der Waals surface area contributed by atoms with Crippen molar-refractivity contribution in [2.45, 2.75) is 84.8 Å². The summed E-state index contributed by atoms with van der Waals surface area (Å²) in [6.07, 6.45) is 8.55. The van der Waals surface area contributed by atoms with E-state index in [1.165, 1.54) is 0 Å². The largest absolute Gasteiger partial charge is 0.374 e. The molecule has 0 spiro atoms. The Morgan fingerprint density at radius 2 is 2.00 bits per heavy atom. The fraction of sp³-hybridized carbons (Fsp3) is 0.750. The van der Waals surface area contributed by atoms with Crippen molar-refractivity contribution < 1.29 is 18.7 Å². The van der Waals surface area contributed by atoms with Crippen molar-refractivity contribution in [1.82, 2.24) is 10.3 Å². The molecule has 0 radical (unpaired) electrons. The molecule has 0 aromatic heterocycles. The maximum absolute atomic E-state index is 12.4. The van der Waals surface area contributed by atoms with Crippen molar-refractivity contribution in [1.29, 1.82) is 0 Å². The number of halogens is 1. The molecule has 0 fully saturated rings. The molecular formula is C24H42FN5O3. The summed E-state index contributed by atoms with van der Waals surface area (Å²) in [4.78, 5) is 14.7. The van der Waals surface area contributed by atoms with E-state index in [9.17, 15) is 9.18 Å². The first-order valence-corrected chi connectivity index (χ1v) is 11.7. The Labute approximate surface area is 198 Å². The SMILES string of the molecule is CCCCC(=NC)N/C=C(\C)C1=CCN(CC(C)(C)OCCCC(C)(C)OCC(=O)F)N=N1. The monoisotopic (exact) mass is 467 g/mol. The maximum atomic E-state index is 12.4. The molecule has 0 saturated carbocycles. The first-order valence-electron chi connectivity index (χ1n) is 11.7. The van der Waals surface area contributed by atoms with Gasteiger partial charge in [-0.1, -0.05) is 18.6 Å². The van der Waals surface area contributed by atoms with E-state index in [4.69, 9.17) is 9.47 Å². The third-order valence-electron chi connectivity index (χ3n) is 5.23. The summed E-state index contributed by atoms with van der Waals surface area (Å²) < 4.78 is 23.7. The molecule has 0 saturated heterocycles. The van der Waals surface area contributed by atoms with Gasteiger partial charge in [-0.05, 0) is 65.5 Å².